The highest BCUT2D eigenvalue weighted by Crippen LogP contribution is 2.05. The molecule has 0 saturated carbocycles. The molecule has 0 unspecified atom stereocenters. The average Bonchev–Trinajstić information content (AvgIpc) is 2.27. The molecule has 78 valence electrons. The number of hydrogen-bond acceptors (Lipinski definition) is 2. The highest BCUT2D eigenvalue weighted by atomic mass is 35.5. The van der Waals surface area contributed by atoms with Crippen LogP contribution in [0.4, 0.5) is 0 Å². The molecule has 0 fully saturated rings. The summed E-state index contributed by atoms with van der Waals surface area (Å²) in [7, 11) is 0. The molecule has 0 bridgehead atoms. The first-order valence-electron chi connectivity index (χ1n) is 4.60. The minimum atomic E-state index is -0.501. The minimum Gasteiger partial charge on any atom is -0.456 e. The summed E-state index contributed by atoms with van der Waals surface area (Å²) in [4.78, 5) is 10.9. The van der Waals surface area contributed by atoms with Gasteiger partial charge in [0.05, 0.1) is 6.61 Å². The maximum atomic E-state index is 10.9. The lowest BCUT2D eigenvalue weighted by Gasteiger charge is -1.94. The van der Waals surface area contributed by atoms with Crippen molar-refractivity contribution < 1.29 is 9.53 Å². The fourth-order valence-corrected chi connectivity index (χ4v) is 1.15. The third kappa shape index (κ3) is 4.05. The van der Waals surface area contributed by atoms with Gasteiger partial charge in [-0.2, -0.15) is 0 Å². The van der Waals surface area contributed by atoms with E-state index in [2.05, 4.69) is 16.6 Å². The summed E-state index contributed by atoms with van der Waals surface area (Å²) in [5, 5.41) is 0. The van der Waals surface area contributed by atoms with Crippen molar-refractivity contribution in [2.75, 3.05) is 6.61 Å². The Morgan fingerprint density at radius 1 is 1.40 bits per heavy atom. The number of alkyl halides is 1. The van der Waals surface area contributed by atoms with Crippen LogP contribution in [0.15, 0.2) is 24.3 Å². The highest BCUT2D eigenvalue weighted by molar-refractivity contribution is 6.17. The maximum absolute atomic E-state index is 10.9. The van der Waals surface area contributed by atoms with Crippen molar-refractivity contribution in [1.29, 1.82) is 0 Å². The van der Waals surface area contributed by atoms with Crippen LogP contribution in [0.5, 0.6) is 0 Å². The van der Waals surface area contributed by atoms with Gasteiger partial charge in [-0.1, -0.05) is 18.1 Å². The van der Waals surface area contributed by atoms with Crippen LogP contribution in [0.1, 0.15) is 18.1 Å². The summed E-state index contributed by atoms with van der Waals surface area (Å²) in [6.45, 7) is 2.09. The zero-order valence-electron chi connectivity index (χ0n) is 8.42. The molecule has 0 heterocycles. The number of esters is 1. The van der Waals surface area contributed by atoms with Crippen LogP contribution in [-0.4, -0.2) is 12.6 Å². The van der Waals surface area contributed by atoms with E-state index in [1.165, 1.54) is 0 Å². The third-order valence-corrected chi connectivity index (χ3v) is 2.00. The topological polar surface area (TPSA) is 26.3 Å². The summed E-state index contributed by atoms with van der Waals surface area (Å²) in [5.74, 6) is 5.08. The first kappa shape index (κ1) is 11.6. The molecule has 2 nitrogen and oxygen atoms in total. The maximum Gasteiger partial charge on any atom is 0.384 e. The summed E-state index contributed by atoms with van der Waals surface area (Å²) in [6, 6.07) is 7.40. The van der Waals surface area contributed by atoms with Crippen LogP contribution >= 0.6 is 11.6 Å². The van der Waals surface area contributed by atoms with Gasteiger partial charge >= 0.3 is 5.97 Å². The van der Waals surface area contributed by atoms with Crippen LogP contribution in [0.3, 0.4) is 0 Å². The Labute approximate surface area is 94.2 Å². The zero-order chi connectivity index (χ0) is 11.1. The van der Waals surface area contributed by atoms with Gasteiger partial charge in [-0.05, 0) is 24.6 Å². The molecule has 0 aliphatic carbocycles. The van der Waals surface area contributed by atoms with Crippen molar-refractivity contribution in [1.82, 2.24) is 0 Å². The van der Waals surface area contributed by atoms with E-state index in [4.69, 9.17) is 11.6 Å². The first-order chi connectivity index (χ1) is 7.26. The highest BCUT2D eigenvalue weighted by Gasteiger charge is 1.93. The van der Waals surface area contributed by atoms with E-state index in [-0.39, 0.29) is 0 Å². The lowest BCUT2D eigenvalue weighted by molar-refractivity contribution is -0.136. The van der Waals surface area contributed by atoms with Gasteiger partial charge in [0.25, 0.3) is 0 Å². The van der Waals surface area contributed by atoms with E-state index in [1.807, 2.05) is 24.3 Å². The predicted octanol–water partition coefficient (Wildman–Crippen LogP) is 2.34. The van der Waals surface area contributed by atoms with Gasteiger partial charge in [-0.3, -0.25) is 0 Å². The molecule has 1 aromatic carbocycles. The predicted molar refractivity (Wildman–Crippen MR) is 59.5 cm³/mol. The molecule has 0 aliphatic heterocycles. The van der Waals surface area contributed by atoms with Crippen LogP contribution in [0.2, 0.25) is 0 Å². The van der Waals surface area contributed by atoms with Crippen LogP contribution < -0.4 is 0 Å². The second-order valence-electron chi connectivity index (χ2n) is 2.80. The van der Waals surface area contributed by atoms with E-state index in [1.54, 1.807) is 6.92 Å². The molecule has 0 N–H and O–H groups in total. The third-order valence-electron chi connectivity index (χ3n) is 1.69. The molecule has 0 aromatic heterocycles. The van der Waals surface area contributed by atoms with Gasteiger partial charge in [-0.15, -0.1) is 11.6 Å². The molecule has 0 radical (unpaired) electrons. The van der Waals surface area contributed by atoms with E-state index in [9.17, 15) is 4.79 Å². The number of carbonyl (C=O) groups excluding carboxylic acids is 1. The van der Waals surface area contributed by atoms with Gasteiger partial charge in [0.1, 0.15) is 0 Å². The summed E-state index contributed by atoms with van der Waals surface area (Å²) < 4.78 is 4.67. The van der Waals surface area contributed by atoms with Crippen LogP contribution in [0, 0.1) is 11.8 Å². The van der Waals surface area contributed by atoms with Crippen molar-refractivity contribution in [3.63, 3.8) is 0 Å². The SMILES string of the molecule is CCOC(=O)C#Cc1ccc(CCl)cc1. The standard InChI is InChI=1S/C12H11ClO2/c1-2-15-12(14)8-7-10-3-5-11(9-13)6-4-10/h3-6H,2,9H2,1H3. The van der Waals surface area contributed by atoms with Gasteiger partial charge in [0.15, 0.2) is 0 Å². The molecular formula is C12H11ClO2. The normalized spacial score (nSPS) is 8.93. The Balaban J connectivity index is 2.68. The van der Waals surface area contributed by atoms with E-state index in [0.717, 1.165) is 11.1 Å². The van der Waals surface area contributed by atoms with Gasteiger partial charge in [0.2, 0.25) is 0 Å². The number of ether oxygens (including phenoxy) is 1. The number of carbonyl (C=O) groups is 1. The lowest BCUT2D eigenvalue weighted by atomic mass is 10.1. The van der Waals surface area contributed by atoms with Crippen molar-refractivity contribution >= 4 is 17.6 Å². The Morgan fingerprint density at radius 3 is 2.60 bits per heavy atom. The summed E-state index contributed by atoms with van der Waals surface area (Å²) >= 11 is 5.64. The summed E-state index contributed by atoms with van der Waals surface area (Å²) in [6.07, 6.45) is 0. The van der Waals surface area contributed by atoms with Gasteiger partial charge in [-0.25, -0.2) is 4.79 Å². The molecule has 0 saturated heterocycles. The Kier molecular flexibility index (Phi) is 4.73. The monoisotopic (exact) mass is 222 g/mol. The van der Waals surface area contributed by atoms with E-state index in [0.29, 0.717) is 12.5 Å². The Morgan fingerprint density at radius 2 is 2.07 bits per heavy atom. The van der Waals surface area contributed by atoms with Crippen molar-refractivity contribution in [2.24, 2.45) is 0 Å². The van der Waals surface area contributed by atoms with Gasteiger partial charge in [0, 0.05) is 17.4 Å². The molecule has 3 heteroatoms. The quantitative estimate of drug-likeness (QED) is 0.436. The first-order valence-corrected chi connectivity index (χ1v) is 5.13. The molecule has 0 amide bonds. The fourth-order valence-electron chi connectivity index (χ4n) is 0.968. The second-order valence-corrected chi connectivity index (χ2v) is 3.07. The zero-order valence-corrected chi connectivity index (χ0v) is 9.17. The number of benzene rings is 1. The Hall–Kier alpha value is -1.46. The van der Waals surface area contributed by atoms with Crippen LogP contribution in [0.25, 0.3) is 0 Å². The van der Waals surface area contributed by atoms with Crippen molar-refractivity contribution in [3.05, 3.63) is 35.4 Å². The van der Waals surface area contributed by atoms with Crippen molar-refractivity contribution in [2.45, 2.75) is 12.8 Å². The summed E-state index contributed by atoms with van der Waals surface area (Å²) in [5.41, 5.74) is 1.80. The molecule has 1 rings (SSSR count). The fraction of sp³-hybridized carbons (Fsp3) is 0.250. The molecule has 0 aliphatic rings. The van der Waals surface area contributed by atoms with Crippen LogP contribution in [-0.2, 0) is 15.4 Å². The number of halogens is 1. The number of hydrogen-bond donors (Lipinski definition) is 0. The second kappa shape index (κ2) is 6.10. The minimum absolute atomic E-state index is 0.346. The van der Waals surface area contributed by atoms with E-state index >= 15 is 0 Å². The van der Waals surface area contributed by atoms with E-state index < -0.39 is 5.97 Å². The Bertz CT molecular complexity index is 384. The van der Waals surface area contributed by atoms with Crippen molar-refractivity contribution in [3.8, 4) is 11.8 Å². The molecular weight excluding hydrogens is 212 g/mol. The largest absolute Gasteiger partial charge is 0.456 e. The molecule has 0 spiro atoms. The smallest absolute Gasteiger partial charge is 0.384 e. The lowest BCUT2D eigenvalue weighted by Crippen LogP contribution is -1.99. The molecule has 15 heavy (non-hydrogen) atoms. The average molecular weight is 223 g/mol. The van der Waals surface area contributed by atoms with Gasteiger partial charge < -0.3 is 4.74 Å². The molecule has 0 atom stereocenters. The molecule has 1 aromatic rings. The number of rotatable bonds is 2.